The molecule has 0 N–H and O–H groups in total. The Balaban J connectivity index is 4.00. The van der Waals surface area contributed by atoms with Crippen LogP contribution in [0.2, 0.25) is 0 Å². The summed E-state index contributed by atoms with van der Waals surface area (Å²) in [6.07, 6.45) is 76.7. The lowest BCUT2D eigenvalue weighted by atomic mass is 10.0. The lowest BCUT2D eigenvalue weighted by Crippen LogP contribution is -2.30. The number of ether oxygens (including phenoxy) is 3. The number of hydrogen-bond donors (Lipinski definition) is 0. The summed E-state index contributed by atoms with van der Waals surface area (Å²) in [6.45, 7) is 6.64. The van der Waals surface area contributed by atoms with Crippen LogP contribution >= 0.6 is 0 Å². The van der Waals surface area contributed by atoms with Gasteiger partial charge in [-0.1, -0.05) is 328 Å². The minimum Gasteiger partial charge on any atom is -0.462 e. The SMILES string of the molecule is CCCCCCC/C=C\C/C=C\CCCCCCCCCCCCCC(=O)OC(COC(=O)CCCCCCCC)COC(=O)CCCCCCCCCCCCCCCCCCCCCCCCCCCCC. The molecule has 0 spiro atoms. The second-order valence-corrected chi connectivity index (χ2v) is 22.7. The van der Waals surface area contributed by atoms with Gasteiger partial charge in [-0.05, 0) is 51.4 Å². The predicted octanol–water partition coefficient (Wildman–Crippen LogP) is 22.6. The molecule has 0 rings (SSSR count). The molecule has 0 saturated heterocycles. The molecule has 0 aromatic rings. The highest BCUT2D eigenvalue weighted by Crippen LogP contribution is 2.18. The molecule has 0 radical (unpaired) electrons. The molecule has 1 atom stereocenters. The maximum absolute atomic E-state index is 12.9. The summed E-state index contributed by atoms with van der Waals surface area (Å²) in [4.78, 5) is 38.0. The lowest BCUT2D eigenvalue weighted by Gasteiger charge is -2.18. The van der Waals surface area contributed by atoms with E-state index in [2.05, 4.69) is 45.1 Å². The smallest absolute Gasteiger partial charge is 0.306 e. The van der Waals surface area contributed by atoms with Crippen molar-refractivity contribution in [2.24, 2.45) is 0 Å². The van der Waals surface area contributed by atoms with Crippen molar-refractivity contribution in [2.45, 2.75) is 380 Å². The highest BCUT2D eigenvalue weighted by molar-refractivity contribution is 5.71. The van der Waals surface area contributed by atoms with Crippen molar-refractivity contribution in [1.82, 2.24) is 0 Å². The van der Waals surface area contributed by atoms with Gasteiger partial charge in [0.05, 0.1) is 0 Å². The third-order valence-corrected chi connectivity index (χ3v) is 15.2. The molecule has 0 amide bonds. The van der Waals surface area contributed by atoms with Crippen molar-refractivity contribution in [3.63, 3.8) is 0 Å². The first-order valence-corrected chi connectivity index (χ1v) is 33.3. The van der Waals surface area contributed by atoms with Crippen molar-refractivity contribution >= 4 is 17.9 Å². The van der Waals surface area contributed by atoms with Gasteiger partial charge < -0.3 is 14.2 Å². The van der Waals surface area contributed by atoms with Gasteiger partial charge >= 0.3 is 17.9 Å². The quantitative estimate of drug-likeness (QED) is 0.0261. The van der Waals surface area contributed by atoms with Crippen LogP contribution in [0.5, 0.6) is 0 Å². The van der Waals surface area contributed by atoms with Crippen molar-refractivity contribution in [1.29, 1.82) is 0 Å². The van der Waals surface area contributed by atoms with Gasteiger partial charge in [-0.25, -0.2) is 0 Å². The Kier molecular flexibility index (Phi) is 61.6. The molecule has 0 saturated carbocycles. The summed E-state index contributed by atoms with van der Waals surface area (Å²) < 4.78 is 16.8. The molecule has 1 unspecified atom stereocenters. The van der Waals surface area contributed by atoms with E-state index < -0.39 is 6.10 Å². The van der Waals surface area contributed by atoms with E-state index in [4.69, 9.17) is 14.2 Å². The van der Waals surface area contributed by atoms with Crippen molar-refractivity contribution in [2.75, 3.05) is 13.2 Å². The van der Waals surface area contributed by atoms with Crippen LogP contribution < -0.4 is 0 Å². The van der Waals surface area contributed by atoms with Crippen LogP contribution in [-0.2, 0) is 28.6 Å². The minimum absolute atomic E-state index is 0.0668. The second kappa shape index (κ2) is 63.4. The van der Waals surface area contributed by atoms with Gasteiger partial charge in [-0.15, -0.1) is 0 Å². The third kappa shape index (κ3) is 60.8. The number of unbranched alkanes of at least 4 members (excludes halogenated alkanes) is 47. The van der Waals surface area contributed by atoms with E-state index in [0.717, 1.165) is 64.2 Å². The molecule has 0 heterocycles. The fourth-order valence-electron chi connectivity index (χ4n) is 10.2. The lowest BCUT2D eigenvalue weighted by molar-refractivity contribution is -0.167. The van der Waals surface area contributed by atoms with E-state index in [-0.39, 0.29) is 31.1 Å². The summed E-state index contributed by atoms with van der Waals surface area (Å²) in [6, 6.07) is 0. The molecule has 0 aliphatic rings. The molecule has 0 aromatic carbocycles. The van der Waals surface area contributed by atoms with E-state index in [0.29, 0.717) is 19.3 Å². The van der Waals surface area contributed by atoms with Gasteiger partial charge in [-0.2, -0.15) is 0 Å². The number of rotatable bonds is 62. The summed E-state index contributed by atoms with van der Waals surface area (Å²) in [5, 5.41) is 0. The summed E-state index contributed by atoms with van der Waals surface area (Å²) in [5.41, 5.74) is 0. The molecule has 6 heteroatoms. The molecule has 6 nitrogen and oxygen atoms in total. The summed E-state index contributed by atoms with van der Waals surface area (Å²) in [7, 11) is 0. The van der Waals surface area contributed by atoms with Crippen LogP contribution in [0.3, 0.4) is 0 Å². The Hall–Kier alpha value is -2.11. The fourth-order valence-corrected chi connectivity index (χ4v) is 10.2. The summed E-state index contributed by atoms with van der Waals surface area (Å²) in [5.74, 6) is -0.854. The highest BCUT2D eigenvalue weighted by atomic mass is 16.6. The highest BCUT2D eigenvalue weighted by Gasteiger charge is 2.19. The van der Waals surface area contributed by atoms with Crippen molar-refractivity contribution < 1.29 is 28.6 Å². The number of esters is 3. The Morgan fingerprint density at radius 1 is 0.270 bits per heavy atom. The molecule has 0 aliphatic heterocycles. The van der Waals surface area contributed by atoms with Gasteiger partial charge in [0.2, 0.25) is 0 Å². The van der Waals surface area contributed by atoms with E-state index >= 15 is 0 Å². The average Bonchev–Trinajstić information content (AvgIpc) is 3.40. The fraction of sp³-hybridized carbons (Fsp3) is 0.897. The van der Waals surface area contributed by atoms with Gasteiger partial charge in [0.1, 0.15) is 13.2 Å². The van der Waals surface area contributed by atoms with E-state index in [1.54, 1.807) is 0 Å². The van der Waals surface area contributed by atoms with Crippen molar-refractivity contribution in [3.8, 4) is 0 Å². The number of carbonyl (C=O) groups is 3. The van der Waals surface area contributed by atoms with Crippen LogP contribution in [0.4, 0.5) is 0 Å². The topological polar surface area (TPSA) is 78.9 Å². The molecular weight excluding hydrogens is 913 g/mol. The summed E-state index contributed by atoms with van der Waals surface area (Å²) >= 11 is 0. The molecule has 436 valence electrons. The van der Waals surface area contributed by atoms with Gasteiger partial charge in [0.15, 0.2) is 6.10 Å². The van der Waals surface area contributed by atoms with Crippen molar-refractivity contribution in [3.05, 3.63) is 24.3 Å². The standard InChI is InChI=1S/C68H128O6/c1-4-7-10-13-16-18-20-22-24-26-28-30-32-33-34-35-37-38-40-42-44-46-48-50-52-55-58-61-67(70)73-64-65(63-72-66(69)60-57-54-15-12-9-6-3)74-68(71)62-59-56-53-51-49-47-45-43-41-39-36-31-29-27-25-23-21-19-17-14-11-8-5-2/h21,23,27,29,65H,4-20,22,24-26,28,30-64H2,1-3H3/b23-21-,29-27-. The Bertz CT molecular complexity index is 1190. The van der Waals surface area contributed by atoms with E-state index in [9.17, 15) is 14.4 Å². The van der Waals surface area contributed by atoms with Gasteiger partial charge in [0.25, 0.3) is 0 Å². The Labute approximate surface area is 462 Å². The van der Waals surface area contributed by atoms with Crippen LogP contribution in [0, 0.1) is 0 Å². The maximum atomic E-state index is 12.9. The monoisotopic (exact) mass is 1040 g/mol. The predicted molar refractivity (Wildman–Crippen MR) is 321 cm³/mol. The van der Waals surface area contributed by atoms with Gasteiger partial charge in [0, 0.05) is 19.3 Å². The molecular formula is C68H128O6. The van der Waals surface area contributed by atoms with Crippen LogP contribution in [0.25, 0.3) is 0 Å². The number of carbonyl (C=O) groups excluding carboxylic acids is 3. The minimum atomic E-state index is -0.767. The van der Waals surface area contributed by atoms with Crippen LogP contribution in [-0.4, -0.2) is 37.2 Å². The number of allylic oxidation sites excluding steroid dienone is 4. The molecule has 0 fully saturated rings. The molecule has 0 aliphatic carbocycles. The third-order valence-electron chi connectivity index (χ3n) is 15.2. The largest absolute Gasteiger partial charge is 0.462 e. The molecule has 0 bridgehead atoms. The zero-order valence-electron chi connectivity index (χ0n) is 50.1. The first kappa shape index (κ1) is 71.9. The average molecular weight is 1040 g/mol. The zero-order chi connectivity index (χ0) is 53.6. The second-order valence-electron chi connectivity index (χ2n) is 22.7. The molecule has 0 aromatic heterocycles. The van der Waals surface area contributed by atoms with Gasteiger partial charge in [-0.3, -0.25) is 14.4 Å². The normalized spacial score (nSPS) is 12.1. The Morgan fingerprint density at radius 3 is 0.743 bits per heavy atom. The first-order valence-electron chi connectivity index (χ1n) is 33.3. The Morgan fingerprint density at radius 2 is 0.486 bits per heavy atom. The zero-order valence-corrected chi connectivity index (χ0v) is 50.1. The molecule has 74 heavy (non-hydrogen) atoms. The maximum Gasteiger partial charge on any atom is 0.306 e. The van der Waals surface area contributed by atoms with E-state index in [1.807, 2.05) is 0 Å². The van der Waals surface area contributed by atoms with Crippen LogP contribution in [0.15, 0.2) is 24.3 Å². The number of hydrogen-bond acceptors (Lipinski definition) is 6. The first-order chi connectivity index (χ1) is 36.5. The van der Waals surface area contributed by atoms with Crippen LogP contribution in [0.1, 0.15) is 374 Å². The van der Waals surface area contributed by atoms with E-state index in [1.165, 1.54) is 270 Å².